The van der Waals surface area contributed by atoms with Crippen molar-refractivity contribution in [1.82, 2.24) is 0 Å². The molecule has 2 aliphatic carbocycles. The van der Waals surface area contributed by atoms with Crippen molar-refractivity contribution in [3.05, 3.63) is 173 Å². The predicted octanol–water partition coefficient (Wildman–Crippen LogP) is 7.05. The van der Waals surface area contributed by atoms with Gasteiger partial charge in [-0.05, 0) is 58.5 Å². The largest absolute Gasteiger partial charge is 0.462 e. The van der Waals surface area contributed by atoms with Crippen LogP contribution in [0.15, 0.2) is 146 Å². The van der Waals surface area contributed by atoms with Gasteiger partial charge < -0.3 is 4.74 Å². The van der Waals surface area contributed by atoms with Crippen molar-refractivity contribution in [1.29, 1.82) is 0 Å². The Morgan fingerprint density at radius 2 is 1.04 bits per heavy atom. The molecule has 0 aromatic heterocycles. The van der Waals surface area contributed by atoms with Crippen molar-refractivity contribution in [2.75, 3.05) is 11.5 Å². The van der Waals surface area contributed by atoms with Gasteiger partial charge in [0.25, 0.3) is 0 Å². The van der Waals surface area contributed by atoms with Gasteiger partial charge in [-0.3, -0.25) is 14.4 Å². The van der Waals surface area contributed by atoms with Crippen molar-refractivity contribution in [3.8, 4) is 0 Å². The van der Waals surface area contributed by atoms with Crippen molar-refractivity contribution >= 4 is 40.4 Å². The number of amides is 2. The lowest BCUT2D eigenvalue weighted by atomic mass is 9.59. The summed E-state index contributed by atoms with van der Waals surface area (Å²) in [4.78, 5) is 60.1. The minimum Gasteiger partial charge on any atom is -0.462 e. The quantitative estimate of drug-likeness (QED) is 0.142. The number of Topliss-reactive ketones (excluding diaryl/α,β-unsaturated/α-hetero) is 1. The minimum atomic E-state index is -1.49. The molecule has 2 amide bonds. The molecule has 48 heavy (non-hydrogen) atoms. The number of rotatable bonds is 7. The summed E-state index contributed by atoms with van der Waals surface area (Å²) in [6.45, 7) is 1.91. The highest BCUT2D eigenvalue weighted by atomic mass is 16.5. The van der Waals surface area contributed by atoms with Crippen LogP contribution in [0.2, 0.25) is 0 Å². The average Bonchev–Trinajstić information content (AvgIpc) is 3.65. The maximum Gasteiger partial charge on any atom is 0.338 e. The summed E-state index contributed by atoms with van der Waals surface area (Å²) in [7, 11) is 0. The number of allylic oxidation sites excluding steroid dienone is 2. The van der Waals surface area contributed by atoms with Crippen LogP contribution >= 0.6 is 0 Å². The highest BCUT2D eigenvalue weighted by Crippen LogP contribution is 2.74. The molecule has 0 N–H and O–H groups in total. The molecule has 234 valence electrons. The Labute approximate surface area is 278 Å². The molecule has 6 nitrogen and oxygen atoms in total. The summed E-state index contributed by atoms with van der Waals surface area (Å²) >= 11 is 0. The number of anilines is 1. The Kier molecular flexibility index (Phi) is 6.84. The second kappa shape index (κ2) is 11.1. The zero-order valence-corrected chi connectivity index (χ0v) is 26.2. The SMILES string of the molecule is CCOC(=O)c1cccc(N2C(=O)C3C(C2=O)C2(c4ccccc4)C(=O)C3(c3ccccc3)C(c3ccccc3)=C2c2ccccc2)c1. The predicted molar refractivity (Wildman–Crippen MR) is 183 cm³/mol. The topological polar surface area (TPSA) is 80.8 Å². The van der Waals surface area contributed by atoms with E-state index >= 15 is 14.4 Å². The lowest BCUT2D eigenvalue weighted by Gasteiger charge is -2.39. The van der Waals surface area contributed by atoms with Crippen LogP contribution in [0.1, 0.15) is 39.5 Å². The van der Waals surface area contributed by atoms with Crippen LogP contribution in [0.5, 0.6) is 0 Å². The molecule has 2 fully saturated rings. The monoisotopic (exact) mass is 629 g/mol. The van der Waals surface area contributed by atoms with Gasteiger partial charge in [0.05, 0.1) is 40.5 Å². The number of carbonyl (C=O) groups excluding carboxylic acids is 4. The van der Waals surface area contributed by atoms with Gasteiger partial charge in [-0.15, -0.1) is 0 Å². The van der Waals surface area contributed by atoms with Gasteiger partial charge in [0.15, 0.2) is 5.78 Å². The third kappa shape index (κ3) is 3.80. The van der Waals surface area contributed by atoms with E-state index in [4.69, 9.17) is 4.74 Å². The van der Waals surface area contributed by atoms with E-state index < -0.39 is 40.4 Å². The number of ketones is 1. The number of hydrogen-bond donors (Lipinski definition) is 0. The summed E-state index contributed by atoms with van der Waals surface area (Å²) in [6, 6.07) is 44.8. The summed E-state index contributed by atoms with van der Waals surface area (Å²) in [5.74, 6) is -3.76. The van der Waals surface area contributed by atoms with E-state index in [2.05, 4.69) is 0 Å². The lowest BCUT2D eigenvalue weighted by molar-refractivity contribution is -0.130. The normalized spacial score (nSPS) is 24.3. The van der Waals surface area contributed by atoms with Crippen molar-refractivity contribution < 1.29 is 23.9 Å². The third-order valence-electron chi connectivity index (χ3n) is 10.2. The molecule has 4 atom stereocenters. The first-order chi connectivity index (χ1) is 23.5. The fourth-order valence-electron chi connectivity index (χ4n) is 8.57. The number of nitrogens with zero attached hydrogens (tertiary/aromatic N) is 1. The molecular formula is C42H31NO5. The Bertz CT molecular complexity index is 2010. The minimum absolute atomic E-state index is 0.179. The van der Waals surface area contributed by atoms with E-state index in [1.807, 2.05) is 121 Å². The van der Waals surface area contributed by atoms with E-state index in [1.165, 1.54) is 11.0 Å². The van der Waals surface area contributed by atoms with Crippen molar-refractivity contribution in [2.45, 2.75) is 17.8 Å². The molecule has 2 bridgehead atoms. The van der Waals surface area contributed by atoms with E-state index in [-0.39, 0.29) is 23.6 Å². The van der Waals surface area contributed by atoms with Crippen molar-refractivity contribution in [2.24, 2.45) is 11.8 Å². The lowest BCUT2D eigenvalue weighted by Crippen LogP contribution is -2.45. The maximum absolute atomic E-state index is 15.9. The molecule has 1 heterocycles. The Balaban J connectivity index is 1.49. The van der Waals surface area contributed by atoms with Crippen LogP contribution in [0, 0.1) is 11.8 Å². The van der Waals surface area contributed by atoms with Gasteiger partial charge in [0.2, 0.25) is 11.8 Å². The van der Waals surface area contributed by atoms with Crippen LogP contribution < -0.4 is 4.90 Å². The summed E-state index contributed by atoms with van der Waals surface area (Å²) in [6.07, 6.45) is 0. The van der Waals surface area contributed by atoms with E-state index in [9.17, 15) is 4.79 Å². The fourth-order valence-corrected chi connectivity index (χ4v) is 8.57. The summed E-state index contributed by atoms with van der Waals surface area (Å²) < 4.78 is 5.23. The molecule has 5 aromatic carbocycles. The van der Waals surface area contributed by atoms with Gasteiger partial charge in [-0.2, -0.15) is 0 Å². The van der Waals surface area contributed by atoms with Crippen LogP contribution in [0.4, 0.5) is 5.69 Å². The molecule has 6 heteroatoms. The molecule has 8 rings (SSSR count). The number of ether oxygens (including phenoxy) is 1. The number of fused-ring (bicyclic) bond motifs is 5. The second-order valence-corrected chi connectivity index (χ2v) is 12.4. The van der Waals surface area contributed by atoms with Crippen LogP contribution in [-0.2, 0) is 30.0 Å². The molecular weight excluding hydrogens is 598 g/mol. The smallest absolute Gasteiger partial charge is 0.338 e. The molecule has 5 aromatic rings. The highest BCUT2D eigenvalue weighted by Gasteiger charge is 2.82. The summed E-state index contributed by atoms with van der Waals surface area (Å²) in [5, 5.41) is 0. The highest BCUT2D eigenvalue weighted by molar-refractivity contribution is 6.39. The first kappa shape index (κ1) is 29.5. The zero-order chi connectivity index (χ0) is 33.0. The van der Waals surface area contributed by atoms with Crippen LogP contribution in [0.25, 0.3) is 11.1 Å². The Morgan fingerprint density at radius 1 is 0.604 bits per heavy atom. The first-order valence-corrected chi connectivity index (χ1v) is 16.1. The molecule has 1 saturated heterocycles. The van der Waals surface area contributed by atoms with E-state index in [0.717, 1.165) is 22.3 Å². The Morgan fingerprint density at radius 3 is 1.48 bits per heavy atom. The van der Waals surface area contributed by atoms with Crippen molar-refractivity contribution in [3.63, 3.8) is 0 Å². The maximum atomic E-state index is 15.9. The molecule has 0 spiro atoms. The fraction of sp³-hybridized carbons (Fsp3) is 0.143. The Hall–Kier alpha value is -5.88. The summed E-state index contributed by atoms with van der Waals surface area (Å²) in [5.41, 5.74) is 1.94. The number of benzene rings is 5. The zero-order valence-electron chi connectivity index (χ0n) is 26.2. The molecule has 1 saturated carbocycles. The van der Waals surface area contributed by atoms with Gasteiger partial charge in [-0.25, -0.2) is 9.69 Å². The number of imide groups is 1. The standard InChI is InChI=1S/C42H31NO5/c1-2-48-39(46)29-20-15-25-32(26-29)43-37(44)35-36(38(43)45)42(31-23-13-6-14-24-31)34(28-18-9-4-10-19-28)33(27-16-7-3-8-17-27)41(35,40(42)47)30-21-11-5-12-22-30/h3-26,35-36H,2H2,1H3. The van der Waals surface area contributed by atoms with Gasteiger partial charge in [0.1, 0.15) is 0 Å². The second-order valence-electron chi connectivity index (χ2n) is 12.4. The van der Waals surface area contributed by atoms with Gasteiger partial charge in [0, 0.05) is 0 Å². The van der Waals surface area contributed by atoms with Crippen LogP contribution in [-0.4, -0.2) is 30.2 Å². The first-order valence-electron chi connectivity index (χ1n) is 16.1. The van der Waals surface area contributed by atoms with Gasteiger partial charge >= 0.3 is 5.97 Å². The molecule has 1 aliphatic heterocycles. The van der Waals surface area contributed by atoms with Gasteiger partial charge in [-0.1, -0.05) is 127 Å². The number of carbonyl (C=O) groups is 4. The molecule has 4 unspecified atom stereocenters. The number of hydrogen-bond acceptors (Lipinski definition) is 5. The third-order valence-corrected chi connectivity index (χ3v) is 10.2. The van der Waals surface area contributed by atoms with Crippen LogP contribution in [0.3, 0.4) is 0 Å². The van der Waals surface area contributed by atoms with E-state index in [1.54, 1.807) is 25.1 Å². The average molecular weight is 630 g/mol. The molecule has 0 radical (unpaired) electrons. The number of esters is 1. The molecule has 3 aliphatic rings. The van der Waals surface area contributed by atoms with E-state index in [0.29, 0.717) is 11.1 Å².